The van der Waals surface area contributed by atoms with Gasteiger partial charge < -0.3 is 15.4 Å². The number of fused-ring (bicyclic) bond motifs is 1. The summed E-state index contributed by atoms with van der Waals surface area (Å²) in [6, 6.07) is 14.4. The normalized spacial score (nSPS) is 18.2. The summed E-state index contributed by atoms with van der Waals surface area (Å²) in [6.45, 7) is 6.27. The highest BCUT2D eigenvalue weighted by atomic mass is 79.9. The molecule has 0 fully saturated rings. The van der Waals surface area contributed by atoms with Crippen molar-refractivity contribution in [2.75, 3.05) is 5.32 Å². The van der Waals surface area contributed by atoms with Crippen molar-refractivity contribution in [1.29, 1.82) is 0 Å². The van der Waals surface area contributed by atoms with E-state index < -0.39 is 0 Å². The third-order valence-electron chi connectivity index (χ3n) is 4.01. The van der Waals surface area contributed by atoms with Crippen LogP contribution in [-0.2, 0) is 0 Å². The van der Waals surface area contributed by atoms with Crippen molar-refractivity contribution >= 4 is 38.9 Å². The summed E-state index contributed by atoms with van der Waals surface area (Å²) in [5.41, 5.74) is 3.08. The highest BCUT2D eigenvalue weighted by Crippen LogP contribution is 2.40. The zero-order chi connectivity index (χ0) is 17.3. The fraction of sp³-hybridized carbons (Fsp3) is 0.316. The molecule has 2 aromatic rings. The molecule has 1 atom stereocenters. The Bertz CT molecular complexity index is 776. The number of nitrogens with one attached hydrogen (secondary N) is 2. The zero-order valence-corrected chi connectivity index (χ0v) is 16.4. The topological polar surface area (TPSA) is 33.3 Å². The minimum absolute atomic E-state index is 0.103. The van der Waals surface area contributed by atoms with Crippen molar-refractivity contribution in [2.24, 2.45) is 0 Å². The molecule has 0 bridgehead atoms. The Hall–Kier alpha value is -1.59. The Kier molecular flexibility index (Phi) is 4.83. The molecule has 1 aliphatic rings. The van der Waals surface area contributed by atoms with Gasteiger partial charge in [-0.1, -0.05) is 28.1 Å². The molecule has 0 unspecified atom stereocenters. The predicted molar refractivity (Wildman–Crippen MR) is 107 cm³/mol. The van der Waals surface area contributed by atoms with E-state index in [-0.39, 0.29) is 11.6 Å². The molecule has 24 heavy (non-hydrogen) atoms. The maximum Gasteiger partial charge on any atom is 0.171 e. The van der Waals surface area contributed by atoms with Crippen LogP contribution in [0.15, 0.2) is 46.9 Å². The fourth-order valence-corrected chi connectivity index (χ4v) is 3.64. The van der Waals surface area contributed by atoms with Crippen molar-refractivity contribution in [3.63, 3.8) is 0 Å². The van der Waals surface area contributed by atoms with Crippen LogP contribution < -0.4 is 15.4 Å². The summed E-state index contributed by atoms with van der Waals surface area (Å²) < 4.78 is 7.13. The minimum Gasteiger partial charge on any atom is -0.487 e. The standard InChI is InChI=1S/C19H21BrN2OS/c1-12-5-4-6-14(9-12)21-18(24)22-16-11-19(2,3)23-17-8-7-13(20)10-15(16)17/h4-10,16H,11H2,1-3H3,(H2,21,22,24)/t16-/m1/s1. The molecule has 1 heterocycles. The Balaban J connectivity index is 1.79. The van der Waals surface area contributed by atoms with Gasteiger partial charge in [-0.3, -0.25) is 0 Å². The van der Waals surface area contributed by atoms with Gasteiger partial charge in [0.1, 0.15) is 11.4 Å². The predicted octanol–water partition coefficient (Wildman–Crippen LogP) is 5.35. The van der Waals surface area contributed by atoms with Crippen molar-refractivity contribution in [1.82, 2.24) is 5.32 Å². The second-order valence-corrected chi connectivity index (χ2v) is 8.09. The molecule has 0 aromatic heterocycles. The van der Waals surface area contributed by atoms with Gasteiger partial charge in [0.2, 0.25) is 0 Å². The number of hydrogen-bond donors (Lipinski definition) is 2. The molecule has 2 N–H and O–H groups in total. The molecular weight excluding hydrogens is 384 g/mol. The molecule has 5 heteroatoms. The zero-order valence-electron chi connectivity index (χ0n) is 14.0. The van der Waals surface area contributed by atoms with E-state index in [2.05, 4.69) is 65.5 Å². The van der Waals surface area contributed by atoms with Crippen LogP contribution in [0.25, 0.3) is 0 Å². The lowest BCUT2D eigenvalue weighted by atomic mass is 9.90. The van der Waals surface area contributed by atoms with Crippen LogP contribution in [0.5, 0.6) is 5.75 Å². The van der Waals surface area contributed by atoms with E-state index in [1.807, 2.05) is 24.3 Å². The van der Waals surface area contributed by atoms with Crippen molar-refractivity contribution in [3.05, 3.63) is 58.1 Å². The number of halogens is 1. The molecule has 2 aromatic carbocycles. The number of aryl methyl sites for hydroxylation is 1. The van der Waals surface area contributed by atoms with Gasteiger partial charge in [0.15, 0.2) is 5.11 Å². The van der Waals surface area contributed by atoms with Crippen molar-refractivity contribution in [3.8, 4) is 5.75 Å². The van der Waals surface area contributed by atoms with Gasteiger partial charge in [0.05, 0.1) is 6.04 Å². The van der Waals surface area contributed by atoms with Crippen LogP contribution in [0.3, 0.4) is 0 Å². The number of thiocarbonyl (C=S) groups is 1. The molecule has 0 saturated carbocycles. The summed E-state index contributed by atoms with van der Waals surface area (Å²) in [5, 5.41) is 7.34. The Morgan fingerprint density at radius 2 is 2.04 bits per heavy atom. The van der Waals surface area contributed by atoms with Crippen LogP contribution in [0, 0.1) is 6.92 Å². The van der Waals surface area contributed by atoms with E-state index >= 15 is 0 Å². The second-order valence-electron chi connectivity index (χ2n) is 6.77. The summed E-state index contributed by atoms with van der Waals surface area (Å²) in [5.74, 6) is 0.908. The molecule has 0 spiro atoms. The van der Waals surface area contributed by atoms with Gasteiger partial charge in [-0.05, 0) is 68.9 Å². The van der Waals surface area contributed by atoms with E-state index in [9.17, 15) is 0 Å². The lowest BCUT2D eigenvalue weighted by molar-refractivity contribution is 0.0696. The lowest BCUT2D eigenvalue weighted by Gasteiger charge is -2.38. The molecule has 3 nitrogen and oxygen atoms in total. The quantitative estimate of drug-likeness (QED) is 0.661. The van der Waals surface area contributed by atoms with Crippen molar-refractivity contribution in [2.45, 2.75) is 38.8 Å². The fourth-order valence-electron chi connectivity index (χ4n) is 3.00. The van der Waals surface area contributed by atoms with Crippen LogP contribution in [-0.4, -0.2) is 10.7 Å². The second kappa shape index (κ2) is 6.73. The van der Waals surface area contributed by atoms with E-state index in [4.69, 9.17) is 17.0 Å². The smallest absolute Gasteiger partial charge is 0.171 e. The third kappa shape index (κ3) is 4.08. The average Bonchev–Trinajstić information content (AvgIpc) is 2.47. The molecular formula is C19H21BrN2OS. The summed E-state index contributed by atoms with van der Waals surface area (Å²) >= 11 is 9.06. The molecule has 0 aliphatic carbocycles. The third-order valence-corrected chi connectivity index (χ3v) is 4.72. The molecule has 1 aliphatic heterocycles. The van der Waals surface area contributed by atoms with E-state index in [0.717, 1.165) is 27.9 Å². The SMILES string of the molecule is Cc1cccc(NC(=S)N[C@@H]2CC(C)(C)Oc3ccc(Br)cc32)c1. The first kappa shape index (κ1) is 17.2. The number of rotatable bonds is 2. The lowest BCUT2D eigenvalue weighted by Crippen LogP contribution is -2.42. The minimum atomic E-state index is -0.239. The number of anilines is 1. The van der Waals surface area contributed by atoms with Crippen molar-refractivity contribution < 1.29 is 4.74 Å². The Morgan fingerprint density at radius 1 is 1.25 bits per heavy atom. The van der Waals surface area contributed by atoms with Crippen LogP contribution in [0.4, 0.5) is 5.69 Å². The van der Waals surface area contributed by atoms with E-state index in [1.54, 1.807) is 0 Å². The highest BCUT2D eigenvalue weighted by Gasteiger charge is 2.34. The van der Waals surface area contributed by atoms with Gasteiger partial charge in [-0.15, -0.1) is 0 Å². The number of ether oxygens (including phenoxy) is 1. The van der Waals surface area contributed by atoms with E-state index in [0.29, 0.717) is 5.11 Å². The number of hydrogen-bond acceptors (Lipinski definition) is 2. The maximum atomic E-state index is 6.10. The van der Waals surface area contributed by atoms with Gasteiger partial charge in [0, 0.05) is 22.1 Å². The molecule has 0 radical (unpaired) electrons. The molecule has 0 amide bonds. The molecule has 0 saturated heterocycles. The first-order valence-corrected chi connectivity index (χ1v) is 9.15. The Labute approximate surface area is 156 Å². The van der Waals surface area contributed by atoms with Gasteiger partial charge in [-0.25, -0.2) is 0 Å². The van der Waals surface area contributed by atoms with Crippen LogP contribution in [0.2, 0.25) is 0 Å². The maximum absolute atomic E-state index is 6.10. The monoisotopic (exact) mass is 404 g/mol. The van der Waals surface area contributed by atoms with Gasteiger partial charge in [-0.2, -0.15) is 0 Å². The first-order valence-electron chi connectivity index (χ1n) is 7.95. The van der Waals surface area contributed by atoms with Crippen LogP contribution in [0.1, 0.15) is 37.4 Å². The van der Waals surface area contributed by atoms with Gasteiger partial charge in [0.25, 0.3) is 0 Å². The molecule has 3 rings (SSSR count). The summed E-state index contributed by atoms with van der Waals surface area (Å²) in [7, 11) is 0. The number of benzene rings is 2. The average molecular weight is 405 g/mol. The Morgan fingerprint density at radius 3 is 2.79 bits per heavy atom. The summed E-state index contributed by atoms with van der Waals surface area (Å²) in [4.78, 5) is 0. The summed E-state index contributed by atoms with van der Waals surface area (Å²) in [6.07, 6.45) is 0.839. The highest BCUT2D eigenvalue weighted by molar-refractivity contribution is 9.10. The van der Waals surface area contributed by atoms with Crippen LogP contribution >= 0.6 is 28.1 Å². The first-order chi connectivity index (χ1) is 11.3. The largest absolute Gasteiger partial charge is 0.487 e. The van der Waals surface area contributed by atoms with Gasteiger partial charge >= 0.3 is 0 Å². The molecule has 126 valence electrons. The van der Waals surface area contributed by atoms with E-state index in [1.165, 1.54) is 5.56 Å².